The van der Waals surface area contributed by atoms with Crippen molar-refractivity contribution in [3.05, 3.63) is 53.1 Å². The molecule has 0 saturated heterocycles. The molecule has 0 radical (unpaired) electrons. The Labute approximate surface area is 149 Å². The minimum Gasteiger partial charge on any atom is -0.426 e. The van der Waals surface area contributed by atoms with E-state index in [2.05, 4.69) is 25.3 Å². The van der Waals surface area contributed by atoms with Crippen molar-refractivity contribution >= 4 is 29.3 Å². The van der Waals surface area contributed by atoms with Crippen LogP contribution in [0, 0.1) is 0 Å². The van der Waals surface area contributed by atoms with Crippen molar-refractivity contribution < 1.29 is 27.5 Å². The fourth-order valence-corrected chi connectivity index (χ4v) is 2.64. The molecule has 0 saturated carbocycles. The number of cyclic esters (lactones) is 1. The summed E-state index contributed by atoms with van der Waals surface area (Å²) >= 11 is 5.81. The van der Waals surface area contributed by atoms with Crippen molar-refractivity contribution in [1.29, 1.82) is 0 Å². The van der Waals surface area contributed by atoms with E-state index in [4.69, 9.17) is 11.6 Å². The van der Waals surface area contributed by atoms with Crippen molar-refractivity contribution in [2.45, 2.75) is 11.8 Å². The average Bonchev–Trinajstić information content (AvgIpc) is 2.59. The predicted octanol–water partition coefficient (Wildman–Crippen LogP) is 2.88. The van der Waals surface area contributed by atoms with E-state index in [9.17, 15) is 22.8 Å². The van der Waals surface area contributed by atoms with E-state index in [0.717, 1.165) is 12.4 Å². The molecule has 1 aliphatic heterocycles. The number of nitrogens with zero attached hydrogens (tertiary/aromatic N) is 2. The van der Waals surface area contributed by atoms with Crippen molar-refractivity contribution in [1.82, 2.24) is 15.3 Å². The quantitative estimate of drug-likeness (QED) is 0.846. The third-order valence-electron chi connectivity index (χ3n) is 3.69. The Morgan fingerprint density at radius 1 is 1.35 bits per heavy atom. The molecule has 1 atom stereocenters. The second-order valence-electron chi connectivity index (χ2n) is 5.31. The van der Waals surface area contributed by atoms with E-state index < -0.39 is 35.9 Å². The van der Waals surface area contributed by atoms with Gasteiger partial charge in [0, 0.05) is 16.8 Å². The Bertz CT molecular complexity index is 863. The van der Waals surface area contributed by atoms with Crippen LogP contribution in [0.1, 0.15) is 16.1 Å². The second kappa shape index (κ2) is 6.45. The number of amides is 2. The molecule has 0 aliphatic carbocycles. The van der Waals surface area contributed by atoms with Gasteiger partial charge in [0.05, 0.1) is 12.2 Å². The van der Waals surface area contributed by atoms with Gasteiger partial charge in [0.2, 0.25) is 0 Å². The zero-order valence-electron chi connectivity index (χ0n) is 12.8. The lowest BCUT2D eigenvalue weighted by Gasteiger charge is -2.39. The molecule has 2 heterocycles. The Morgan fingerprint density at radius 2 is 2.12 bits per heavy atom. The van der Waals surface area contributed by atoms with Crippen LogP contribution in [0.2, 0.25) is 5.02 Å². The van der Waals surface area contributed by atoms with Crippen molar-refractivity contribution in [3.8, 4) is 0 Å². The van der Waals surface area contributed by atoms with E-state index in [0.29, 0.717) is 0 Å². The van der Waals surface area contributed by atoms with E-state index in [1.54, 1.807) is 0 Å². The highest BCUT2D eigenvalue weighted by atomic mass is 35.5. The number of aromatic nitrogens is 2. The molecule has 0 spiro atoms. The summed E-state index contributed by atoms with van der Waals surface area (Å²) in [4.78, 5) is 31.0. The summed E-state index contributed by atoms with van der Waals surface area (Å²) in [5.41, 5.74) is -3.76. The molecule has 1 aromatic carbocycles. The molecule has 0 bridgehead atoms. The molecule has 2 aromatic rings. The van der Waals surface area contributed by atoms with Gasteiger partial charge in [-0.25, -0.2) is 14.8 Å². The highest BCUT2D eigenvalue weighted by Gasteiger charge is 2.62. The van der Waals surface area contributed by atoms with Gasteiger partial charge in [0.1, 0.15) is 12.0 Å². The SMILES string of the molecule is O=C1Nc2ccc(Cl)cc2C(CNC(=O)c2ccncn2)(C(F)(F)F)O1. The topological polar surface area (TPSA) is 93.2 Å². The Kier molecular flexibility index (Phi) is 4.45. The summed E-state index contributed by atoms with van der Waals surface area (Å²) in [7, 11) is 0. The van der Waals surface area contributed by atoms with Crippen LogP contribution in [0.4, 0.5) is 23.7 Å². The summed E-state index contributed by atoms with van der Waals surface area (Å²) in [6.07, 6.45) is -3.98. The molecule has 7 nitrogen and oxygen atoms in total. The van der Waals surface area contributed by atoms with Gasteiger partial charge in [-0.2, -0.15) is 13.2 Å². The lowest BCUT2D eigenvalue weighted by molar-refractivity contribution is -0.261. The zero-order valence-corrected chi connectivity index (χ0v) is 13.6. The molecule has 1 aromatic heterocycles. The monoisotopic (exact) mass is 386 g/mol. The standard InChI is InChI=1S/C15H10ClF3N4O3/c16-8-1-2-10-9(5-8)14(15(17,18)19,26-13(25)23-10)6-21-12(24)11-3-4-20-7-22-11/h1-5,7H,6H2,(H,21,24)(H,23,25). The number of hydrogen-bond acceptors (Lipinski definition) is 5. The maximum atomic E-state index is 13.9. The van der Waals surface area contributed by atoms with Gasteiger partial charge < -0.3 is 10.1 Å². The molecule has 3 rings (SSSR count). The minimum absolute atomic E-state index is 0.0132. The molecule has 1 unspecified atom stereocenters. The van der Waals surface area contributed by atoms with Crippen LogP contribution >= 0.6 is 11.6 Å². The molecular weight excluding hydrogens is 377 g/mol. The Balaban J connectivity index is 2.00. The number of benzene rings is 1. The first kappa shape index (κ1) is 17.9. The van der Waals surface area contributed by atoms with Gasteiger partial charge in [-0.15, -0.1) is 0 Å². The first-order valence-corrected chi connectivity index (χ1v) is 7.52. The van der Waals surface area contributed by atoms with Crippen molar-refractivity contribution in [2.24, 2.45) is 0 Å². The third-order valence-corrected chi connectivity index (χ3v) is 3.93. The molecule has 1 aliphatic rings. The average molecular weight is 387 g/mol. The number of fused-ring (bicyclic) bond motifs is 1. The van der Waals surface area contributed by atoms with Gasteiger partial charge in [-0.1, -0.05) is 11.6 Å². The van der Waals surface area contributed by atoms with Crippen LogP contribution in [0.15, 0.2) is 36.8 Å². The Morgan fingerprint density at radius 3 is 2.77 bits per heavy atom. The molecule has 2 amide bonds. The summed E-state index contributed by atoms with van der Waals surface area (Å²) in [6, 6.07) is 4.81. The van der Waals surface area contributed by atoms with Crippen LogP contribution < -0.4 is 10.6 Å². The number of carbonyl (C=O) groups excluding carboxylic acids is 2. The van der Waals surface area contributed by atoms with E-state index in [1.807, 2.05) is 0 Å². The third kappa shape index (κ3) is 3.15. The number of ether oxygens (including phenoxy) is 1. The van der Waals surface area contributed by atoms with Gasteiger partial charge in [-0.05, 0) is 24.3 Å². The Hall–Kier alpha value is -2.88. The number of carbonyl (C=O) groups is 2. The first-order valence-electron chi connectivity index (χ1n) is 7.14. The van der Waals surface area contributed by atoms with Crippen LogP contribution in [0.5, 0.6) is 0 Å². The normalized spacial score (nSPS) is 19.2. The molecule has 2 N–H and O–H groups in total. The number of anilines is 1. The number of nitrogens with one attached hydrogen (secondary N) is 2. The summed E-state index contributed by atoms with van der Waals surface area (Å²) in [6.45, 7) is -1.06. The maximum Gasteiger partial charge on any atom is 0.434 e. The summed E-state index contributed by atoms with van der Waals surface area (Å²) < 4.78 is 46.3. The van der Waals surface area contributed by atoms with Crippen molar-refractivity contribution in [3.63, 3.8) is 0 Å². The number of hydrogen-bond donors (Lipinski definition) is 2. The molecular formula is C15H10ClF3N4O3. The van der Waals surface area contributed by atoms with Crippen LogP contribution in [0.25, 0.3) is 0 Å². The lowest BCUT2D eigenvalue weighted by Crippen LogP contribution is -2.56. The second-order valence-corrected chi connectivity index (χ2v) is 5.74. The number of rotatable bonds is 3. The fourth-order valence-electron chi connectivity index (χ4n) is 2.47. The smallest absolute Gasteiger partial charge is 0.426 e. The summed E-state index contributed by atoms with van der Waals surface area (Å²) in [5, 5.41) is 4.29. The van der Waals surface area contributed by atoms with Gasteiger partial charge in [0.15, 0.2) is 0 Å². The van der Waals surface area contributed by atoms with E-state index in [-0.39, 0.29) is 16.4 Å². The van der Waals surface area contributed by atoms with Crippen LogP contribution in [-0.4, -0.2) is 34.7 Å². The minimum atomic E-state index is -5.02. The molecule has 26 heavy (non-hydrogen) atoms. The fraction of sp³-hybridized carbons (Fsp3) is 0.200. The molecule has 0 fully saturated rings. The highest BCUT2D eigenvalue weighted by Crippen LogP contribution is 2.47. The number of halogens is 4. The van der Waals surface area contributed by atoms with E-state index in [1.165, 1.54) is 24.4 Å². The van der Waals surface area contributed by atoms with E-state index >= 15 is 0 Å². The maximum absolute atomic E-state index is 13.9. The first-order chi connectivity index (χ1) is 12.2. The summed E-state index contributed by atoms with van der Waals surface area (Å²) in [5.74, 6) is -0.880. The van der Waals surface area contributed by atoms with Crippen molar-refractivity contribution in [2.75, 3.05) is 11.9 Å². The van der Waals surface area contributed by atoms with Gasteiger partial charge >= 0.3 is 12.3 Å². The van der Waals surface area contributed by atoms with Crippen LogP contribution in [0.3, 0.4) is 0 Å². The molecule has 11 heteroatoms. The zero-order chi connectivity index (χ0) is 18.9. The van der Waals surface area contributed by atoms with Gasteiger partial charge in [-0.3, -0.25) is 10.1 Å². The predicted molar refractivity (Wildman–Crippen MR) is 83.7 cm³/mol. The van der Waals surface area contributed by atoms with Gasteiger partial charge in [0.25, 0.3) is 11.5 Å². The largest absolute Gasteiger partial charge is 0.434 e. The number of alkyl halides is 3. The molecule has 136 valence electrons. The van der Waals surface area contributed by atoms with Crippen LogP contribution in [-0.2, 0) is 10.3 Å². The lowest BCUT2D eigenvalue weighted by atomic mass is 9.89. The highest BCUT2D eigenvalue weighted by molar-refractivity contribution is 6.30.